The lowest BCUT2D eigenvalue weighted by Gasteiger charge is -2.18. The third-order valence-electron chi connectivity index (χ3n) is 10.0. The number of aliphatic hydroxyl groups excluding tert-OH is 3. The number of carbonyl (C=O) groups is 3. The van der Waals surface area contributed by atoms with Crippen LogP contribution < -0.4 is 0 Å². The van der Waals surface area contributed by atoms with Crippen molar-refractivity contribution in [2.45, 2.75) is 219 Å². The zero-order chi connectivity index (χ0) is 48.0. The second-order valence-electron chi connectivity index (χ2n) is 16.7. The zero-order valence-corrected chi connectivity index (χ0v) is 40.7. The summed E-state index contributed by atoms with van der Waals surface area (Å²) in [5, 5.41) is 50.2. The van der Waals surface area contributed by atoms with E-state index in [1.165, 1.54) is 175 Å². The van der Waals surface area contributed by atoms with Crippen LogP contribution in [0.25, 0.3) is 0 Å². The van der Waals surface area contributed by atoms with Crippen LogP contribution in [0, 0.1) is 0 Å². The predicted molar refractivity (Wildman–Crippen MR) is 258 cm³/mol. The normalized spacial score (nSPS) is 10.5. The molecule has 0 saturated carbocycles. The average Bonchev–Trinajstić information content (AvgIpc) is 3.24. The predicted octanol–water partition coefficient (Wildman–Crippen LogP) is 12.0. The number of hydrogen-bond donors (Lipinski definition) is 6. The molecule has 0 radical (unpaired) electrons. The summed E-state index contributed by atoms with van der Waals surface area (Å²) in [6.45, 7) is 18.6. The Labute approximate surface area is 385 Å². The molecule has 63 heavy (non-hydrogen) atoms. The van der Waals surface area contributed by atoms with E-state index in [2.05, 4.69) is 19.7 Å². The number of carboxylic acids is 3. The van der Waals surface area contributed by atoms with Crippen molar-refractivity contribution in [1.82, 2.24) is 0 Å². The van der Waals surface area contributed by atoms with Gasteiger partial charge in [0.1, 0.15) is 6.10 Å². The monoisotopic (exact) mass is 903 g/mol. The molecule has 0 aromatic heterocycles. The van der Waals surface area contributed by atoms with Gasteiger partial charge in [0.2, 0.25) is 0 Å². The van der Waals surface area contributed by atoms with Crippen molar-refractivity contribution >= 4 is 17.9 Å². The molecule has 0 saturated heterocycles. The van der Waals surface area contributed by atoms with Crippen molar-refractivity contribution in [2.75, 3.05) is 52.9 Å². The summed E-state index contributed by atoms with van der Waals surface area (Å²) >= 11 is 0. The maximum absolute atomic E-state index is 9.60. The highest BCUT2D eigenvalue weighted by Crippen LogP contribution is 2.14. The Bertz CT molecular complexity index is 909. The fraction of sp³-hybridized carbons (Fsp3) is 0.824. The third kappa shape index (κ3) is 68.6. The quantitative estimate of drug-likeness (QED) is 0.0250. The maximum Gasteiger partial charge on any atom is 0.330 e. The molecule has 0 unspecified atom stereocenters. The molecule has 0 fully saturated rings. The van der Waals surface area contributed by atoms with Crippen LogP contribution in [0.3, 0.4) is 0 Å². The third-order valence-corrected chi connectivity index (χ3v) is 10.0. The first kappa shape index (κ1) is 67.0. The summed E-state index contributed by atoms with van der Waals surface area (Å²) in [6.07, 6.45) is 37.2. The first-order valence-corrected chi connectivity index (χ1v) is 24.5. The lowest BCUT2D eigenvalue weighted by molar-refractivity contribution is -0.133. The standard InChI is InChI=1S/C39H80O6.3C4H6O2/c40-31-25-19-13-7-1-4-10-16-22-28-34-43-37-39(45-36-30-24-18-12-6-3-9-15-21-27-33-42)38-44-35-29-23-17-11-5-2-8-14-20-26-32-41;3*1-3(2)4(5)6/h39-42H,1-38H2;3*1H2,2H3,(H,5,6). The molecule has 0 amide bonds. The molecule has 0 aliphatic heterocycles. The lowest BCUT2D eigenvalue weighted by Crippen LogP contribution is -2.26. The Morgan fingerprint density at radius 1 is 0.349 bits per heavy atom. The van der Waals surface area contributed by atoms with E-state index < -0.39 is 17.9 Å². The molecule has 0 aromatic rings. The lowest BCUT2D eigenvalue weighted by atomic mass is 10.1. The minimum absolute atomic E-state index is 0.0422. The number of aliphatic hydroxyl groups is 3. The molecule has 0 atom stereocenters. The van der Waals surface area contributed by atoms with Gasteiger partial charge in [-0.1, -0.05) is 174 Å². The van der Waals surface area contributed by atoms with Crippen LogP contribution in [0.5, 0.6) is 0 Å². The van der Waals surface area contributed by atoms with Crippen LogP contribution in [0.15, 0.2) is 36.5 Å². The number of ether oxygens (including phenoxy) is 3. The number of unbranched alkanes of at least 4 members (excludes halogenated alkanes) is 27. The van der Waals surface area contributed by atoms with Gasteiger partial charge in [0.25, 0.3) is 0 Å². The van der Waals surface area contributed by atoms with E-state index in [-0.39, 0.29) is 22.8 Å². The molecule has 0 aliphatic rings. The van der Waals surface area contributed by atoms with Crippen molar-refractivity contribution in [3.8, 4) is 0 Å². The summed E-state index contributed by atoms with van der Waals surface area (Å²) in [7, 11) is 0. The molecule has 374 valence electrons. The van der Waals surface area contributed by atoms with E-state index in [1.54, 1.807) is 0 Å². The van der Waals surface area contributed by atoms with Gasteiger partial charge in [-0.3, -0.25) is 0 Å². The van der Waals surface area contributed by atoms with E-state index in [0.29, 0.717) is 33.0 Å². The van der Waals surface area contributed by atoms with E-state index in [9.17, 15) is 14.4 Å². The second kappa shape index (κ2) is 57.4. The summed E-state index contributed by atoms with van der Waals surface area (Å²) < 4.78 is 18.3. The van der Waals surface area contributed by atoms with Crippen LogP contribution in [0.4, 0.5) is 0 Å². The molecule has 0 heterocycles. The van der Waals surface area contributed by atoms with Gasteiger partial charge >= 0.3 is 17.9 Å². The zero-order valence-electron chi connectivity index (χ0n) is 40.7. The smallest absolute Gasteiger partial charge is 0.330 e. The van der Waals surface area contributed by atoms with Crippen LogP contribution in [-0.4, -0.2) is 108 Å². The average molecular weight is 903 g/mol. The molecule has 0 aromatic carbocycles. The Balaban J connectivity index is -0.000000799. The first-order chi connectivity index (χ1) is 30.3. The van der Waals surface area contributed by atoms with E-state index >= 15 is 0 Å². The minimum Gasteiger partial charge on any atom is -0.478 e. The van der Waals surface area contributed by atoms with Gasteiger partial charge in [-0.15, -0.1) is 0 Å². The number of carboxylic acid groups (broad SMARTS) is 3. The summed E-state index contributed by atoms with van der Waals surface area (Å²) in [6, 6.07) is 0. The van der Waals surface area contributed by atoms with E-state index in [4.69, 9.17) is 44.8 Å². The van der Waals surface area contributed by atoms with Gasteiger partial charge < -0.3 is 44.8 Å². The van der Waals surface area contributed by atoms with Gasteiger partial charge in [-0.05, 0) is 59.3 Å². The Morgan fingerprint density at radius 2 is 0.524 bits per heavy atom. The van der Waals surface area contributed by atoms with E-state index in [1.807, 2.05) is 0 Å². The van der Waals surface area contributed by atoms with Crippen molar-refractivity contribution in [3.63, 3.8) is 0 Å². The largest absolute Gasteiger partial charge is 0.478 e. The topological polar surface area (TPSA) is 200 Å². The first-order valence-electron chi connectivity index (χ1n) is 24.5. The van der Waals surface area contributed by atoms with Gasteiger partial charge in [-0.25, -0.2) is 14.4 Å². The van der Waals surface area contributed by atoms with Crippen molar-refractivity contribution in [2.24, 2.45) is 0 Å². The molecule has 12 nitrogen and oxygen atoms in total. The van der Waals surface area contributed by atoms with Crippen molar-refractivity contribution < 1.29 is 59.2 Å². The molecule has 12 heteroatoms. The molecule has 0 aliphatic carbocycles. The Hall–Kier alpha value is -2.61. The summed E-state index contributed by atoms with van der Waals surface area (Å²) in [5.41, 5.74) is 0.528. The molecule has 0 rings (SSSR count). The molecular weight excluding hydrogens is 805 g/mol. The second-order valence-corrected chi connectivity index (χ2v) is 16.7. The van der Waals surface area contributed by atoms with Gasteiger partial charge in [0.05, 0.1) is 13.2 Å². The SMILES string of the molecule is C=C(C)C(=O)O.C=C(C)C(=O)O.C=C(C)C(=O)O.OCCCCCCCCCCCCOCC(COCCCCCCCCCCCCO)OCCCCCCCCCCCCO. The van der Waals surface area contributed by atoms with Crippen molar-refractivity contribution in [3.05, 3.63) is 36.5 Å². The fourth-order valence-corrected chi connectivity index (χ4v) is 5.91. The minimum atomic E-state index is -0.935. The highest BCUT2D eigenvalue weighted by atomic mass is 16.6. The number of hydrogen-bond acceptors (Lipinski definition) is 9. The highest BCUT2D eigenvalue weighted by molar-refractivity contribution is 5.85. The van der Waals surface area contributed by atoms with Gasteiger partial charge in [-0.2, -0.15) is 0 Å². The molecular formula is C51H98O12. The highest BCUT2D eigenvalue weighted by Gasteiger charge is 2.10. The van der Waals surface area contributed by atoms with Crippen LogP contribution in [0.2, 0.25) is 0 Å². The molecule has 0 bridgehead atoms. The van der Waals surface area contributed by atoms with Gasteiger partial charge in [0, 0.05) is 56.4 Å². The maximum atomic E-state index is 9.60. The number of aliphatic carboxylic acids is 3. The van der Waals surface area contributed by atoms with Crippen molar-refractivity contribution in [1.29, 1.82) is 0 Å². The van der Waals surface area contributed by atoms with Gasteiger partial charge in [0.15, 0.2) is 0 Å². The molecule has 0 spiro atoms. The van der Waals surface area contributed by atoms with E-state index in [0.717, 1.165) is 58.3 Å². The van der Waals surface area contributed by atoms with Crippen LogP contribution >= 0.6 is 0 Å². The number of rotatable bonds is 44. The summed E-state index contributed by atoms with van der Waals surface area (Å²) in [4.78, 5) is 28.8. The fourth-order valence-electron chi connectivity index (χ4n) is 5.91. The van der Waals surface area contributed by atoms with Crippen LogP contribution in [-0.2, 0) is 28.6 Å². The van der Waals surface area contributed by atoms with Crippen LogP contribution in [0.1, 0.15) is 213 Å². The Kier molecular flexibility index (Phi) is 61.0. The summed E-state index contributed by atoms with van der Waals surface area (Å²) in [5.74, 6) is -2.81. The molecule has 6 N–H and O–H groups in total. The Morgan fingerprint density at radius 3 is 0.714 bits per heavy atom.